The normalized spacial score (nSPS) is 12.5. The lowest BCUT2D eigenvalue weighted by atomic mass is 10.1. The Morgan fingerprint density at radius 1 is 1.00 bits per heavy atom. The summed E-state index contributed by atoms with van der Waals surface area (Å²) in [6, 6.07) is 21.6. The molecule has 3 aromatic rings. The van der Waals surface area contributed by atoms with Gasteiger partial charge in [-0.3, -0.25) is 5.41 Å². The molecule has 3 rings (SSSR count). The molecule has 1 unspecified atom stereocenters. The average Bonchev–Trinajstić information content (AvgIpc) is 2.69. The molecule has 6 heteroatoms. The molecular weight excluding hydrogens is 480 g/mol. The molecule has 3 aromatic carbocycles. The summed E-state index contributed by atoms with van der Waals surface area (Å²) < 4.78 is 1.73. The summed E-state index contributed by atoms with van der Waals surface area (Å²) in [6.07, 6.45) is 0. The minimum atomic E-state index is -0.382. The van der Waals surface area contributed by atoms with Gasteiger partial charge in [-0.05, 0) is 42.0 Å². The summed E-state index contributed by atoms with van der Waals surface area (Å²) in [5.74, 6) is 0.711. The van der Waals surface area contributed by atoms with Crippen LogP contribution in [-0.2, 0) is 0 Å². The Hall–Kier alpha value is -2.49. The second kappa shape index (κ2) is 8.68. The highest BCUT2D eigenvalue weighted by molar-refractivity contribution is 9.11. The predicted molar refractivity (Wildman–Crippen MR) is 122 cm³/mol. The van der Waals surface area contributed by atoms with E-state index in [0.717, 1.165) is 25.3 Å². The maximum Gasteiger partial charge on any atom is 0.154 e. The summed E-state index contributed by atoms with van der Waals surface area (Å²) >= 11 is 6.91. The summed E-state index contributed by atoms with van der Waals surface area (Å²) in [5, 5.41) is 20.1. The number of amidine groups is 2. The van der Waals surface area contributed by atoms with Gasteiger partial charge in [0.2, 0.25) is 0 Å². The van der Waals surface area contributed by atoms with Gasteiger partial charge in [-0.1, -0.05) is 68.3 Å². The topological polar surface area (TPSA) is 63.2 Å². The number of rotatable bonds is 3. The Labute approximate surface area is 181 Å². The number of hydrogen-bond donors (Lipinski definition) is 1. The number of nitrogens with zero attached hydrogens (tertiary/aromatic N) is 3. The van der Waals surface area contributed by atoms with Gasteiger partial charge in [0, 0.05) is 27.1 Å². The molecule has 1 atom stereocenters. The molecule has 140 valence electrons. The van der Waals surface area contributed by atoms with Crippen molar-refractivity contribution in [2.24, 2.45) is 4.99 Å². The first kappa shape index (κ1) is 20.2. The highest BCUT2D eigenvalue weighted by Gasteiger charge is 2.17. The first-order valence-electron chi connectivity index (χ1n) is 8.64. The molecule has 0 heterocycles. The molecule has 0 aromatic heterocycles. The van der Waals surface area contributed by atoms with Crippen molar-refractivity contribution in [2.45, 2.75) is 13.0 Å². The number of hydrogen-bond acceptors (Lipinski definition) is 2. The van der Waals surface area contributed by atoms with Crippen LogP contribution in [0.25, 0.3) is 10.8 Å². The van der Waals surface area contributed by atoms with Crippen molar-refractivity contribution in [3.8, 4) is 6.07 Å². The van der Waals surface area contributed by atoms with Crippen LogP contribution in [0, 0.1) is 16.7 Å². The first-order chi connectivity index (χ1) is 13.4. The molecule has 0 aliphatic carbocycles. The zero-order valence-corrected chi connectivity index (χ0v) is 18.6. The third-order valence-corrected chi connectivity index (χ3v) is 5.38. The van der Waals surface area contributed by atoms with Crippen LogP contribution in [0.3, 0.4) is 0 Å². The minimum absolute atomic E-state index is 0.127. The van der Waals surface area contributed by atoms with Crippen molar-refractivity contribution in [3.05, 3.63) is 80.7 Å². The first-order valence-corrected chi connectivity index (χ1v) is 10.2. The number of aliphatic imine (C=N–C) groups is 1. The van der Waals surface area contributed by atoms with Crippen LogP contribution in [0.5, 0.6) is 0 Å². The van der Waals surface area contributed by atoms with Gasteiger partial charge in [0.15, 0.2) is 5.84 Å². The number of halogens is 2. The van der Waals surface area contributed by atoms with E-state index in [1.807, 2.05) is 68.6 Å². The van der Waals surface area contributed by atoms with Crippen LogP contribution >= 0.6 is 31.9 Å². The maximum absolute atomic E-state index is 9.38. The van der Waals surface area contributed by atoms with Crippen LogP contribution in [0.2, 0.25) is 0 Å². The summed E-state index contributed by atoms with van der Waals surface area (Å²) in [5.41, 5.74) is 1.54. The van der Waals surface area contributed by atoms with Crippen LogP contribution < -0.4 is 0 Å². The zero-order chi connectivity index (χ0) is 20.3. The molecule has 0 aliphatic heterocycles. The van der Waals surface area contributed by atoms with E-state index in [9.17, 15) is 5.26 Å². The molecule has 0 radical (unpaired) electrons. The van der Waals surface area contributed by atoms with Crippen molar-refractivity contribution < 1.29 is 0 Å². The largest absolute Gasteiger partial charge is 0.343 e. The van der Waals surface area contributed by atoms with Crippen LogP contribution in [0.1, 0.15) is 18.1 Å². The van der Waals surface area contributed by atoms with E-state index in [4.69, 9.17) is 5.41 Å². The molecule has 0 aliphatic rings. The minimum Gasteiger partial charge on any atom is -0.343 e. The molecule has 28 heavy (non-hydrogen) atoms. The van der Waals surface area contributed by atoms with Crippen molar-refractivity contribution >= 4 is 54.3 Å². The van der Waals surface area contributed by atoms with Gasteiger partial charge in [0.25, 0.3) is 0 Å². The Balaban J connectivity index is 2.11. The molecule has 4 nitrogen and oxygen atoms in total. The predicted octanol–water partition coefficient (Wildman–Crippen LogP) is 5.98. The van der Waals surface area contributed by atoms with Gasteiger partial charge in [-0.2, -0.15) is 5.26 Å². The summed E-state index contributed by atoms with van der Waals surface area (Å²) in [4.78, 5) is 6.41. The Kier molecular flexibility index (Phi) is 6.28. The van der Waals surface area contributed by atoms with Gasteiger partial charge < -0.3 is 4.90 Å². The third kappa shape index (κ3) is 4.49. The quantitative estimate of drug-likeness (QED) is 0.357. The van der Waals surface area contributed by atoms with Crippen molar-refractivity contribution in [2.75, 3.05) is 7.05 Å². The molecule has 1 N–H and O–H groups in total. The van der Waals surface area contributed by atoms with E-state index in [2.05, 4.69) is 49.0 Å². The smallest absolute Gasteiger partial charge is 0.154 e. The molecular formula is C22H18Br2N4. The summed E-state index contributed by atoms with van der Waals surface area (Å²) in [7, 11) is 1.83. The van der Waals surface area contributed by atoms with Crippen LogP contribution in [-0.4, -0.2) is 29.7 Å². The number of fused-ring (bicyclic) bond motifs is 1. The molecule has 0 fully saturated rings. The van der Waals surface area contributed by atoms with Gasteiger partial charge in [0.05, 0.1) is 6.07 Å². The maximum atomic E-state index is 9.38. The fraction of sp³-hybridized carbons (Fsp3) is 0.136. The van der Waals surface area contributed by atoms with E-state index in [-0.39, 0.29) is 11.9 Å². The Bertz CT molecular complexity index is 1090. The zero-order valence-electron chi connectivity index (χ0n) is 15.4. The van der Waals surface area contributed by atoms with Crippen molar-refractivity contribution in [1.29, 1.82) is 10.7 Å². The van der Waals surface area contributed by atoms with Crippen molar-refractivity contribution in [3.63, 3.8) is 0 Å². The average molecular weight is 498 g/mol. The second-order valence-electron chi connectivity index (χ2n) is 6.42. The highest BCUT2D eigenvalue weighted by atomic mass is 79.9. The third-order valence-electron chi connectivity index (χ3n) is 4.46. The fourth-order valence-corrected chi connectivity index (χ4v) is 4.10. The molecule has 0 spiro atoms. The number of nitriles is 1. The van der Waals surface area contributed by atoms with Crippen molar-refractivity contribution in [1.82, 2.24) is 4.90 Å². The SMILES string of the molecule is CC(C#N)N(C)/C(=N\C(=N)c1cc(Br)cc(Br)c1)c1ccc2ccccc2c1. The molecule has 0 saturated carbocycles. The standard InChI is InChI=1S/C22H18Br2N4/c1-14(13-25)28(2)22(17-8-7-15-5-3-4-6-16(15)9-17)27-21(26)18-10-19(23)12-20(24)11-18/h3-12,14,26H,1-2H3/b26-21?,27-22-. The van der Waals surface area contributed by atoms with Gasteiger partial charge >= 0.3 is 0 Å². The molecule has 0 saturated heterocycles. The fourth-order valence-electron chi connectivity index (χ4n) is 2.81. The van der Waals surface area contributed by atoms with E-state index < -0.39 is 0 Å². The monoisotopic (exact) mass is 496 g/mol. The summed E-state index contributed by atoms with van der Waals surface area (Å²) in [6.45, 7) is 1.82. The van der Waals surface area contributed by atoms with Crippen LogP contribution in [0.4, 0.5) is 0 Å². The van der Waals surface area contributed by atoms with Crippen LogP contribution in [0.15, 0.2) is 74.6 Å². The molecule has 0 amide bonds. The number of benzene rings is 3. The molecule has 0 bridgehead atoms. The lowest BCUT2D eigenvalue weighted by Gasteiger charge is -2.24. The van der Waals surface area contributed by atoms with E-state index in [1.165, 1.54) is 0 Å². The Morgan fingerprint density at radius 2 is 1.64 bits per heavy atom. The van der Waals surface area contributed by atoms with E-state index in [1.54, 1.807) is 4.90 Å². The van der Waals surface area contributed by atoms with Gasteiger partial charge in [0.1, 0.15) is 11.9 Å². The highest BCUT2D eigenvalue weighted by Crippen LogP contribution is 2.22. The van der Waals surface area contributed by atoms with Gasteiger partial charge in [-0.25, -0.2) is 4.99 Å². The lowest BCUT2D eigenvalue weighted by molar-refractivity contribution is 0.462. The van der Waals surface area contributed by atoms with Gasteiger partial charge in [-0.15, -0.1) is 0 Å². The number of nitrogens with one attached hydrogen (secondary N) is 1. The van der Waals surface area contributed by atoms with E-state index in [0.29, 0.717) is 11.4 Å². The van der Waals surface area contributed by atoms with E-state index >= 15 is 0 Å². The second-order valence-corrected chi connectivity index (χ2v) is 8.25. The lowest BCUT2D eigenvalue weighted by Crippen LogP contribution is -2.35. The Morgan fingerprint density at radius 3 is 2.29 bits per heavy atom.